The lowest BCUT2D eigenvalue weighted by molar-refractivity contribution is -0.115. The summed E-state index contributed by atoms with van der Waals surface area (Å²) in [5, 5.41) is 2.80. The SMILES string of the molecule is Nc1ccc(NC(=O)CCSc2ccc(F)cc2)cc1. The summed E-state index contributed by atoms with van der Waals surface area (Å²) >= 11 is 1.52. The number of carbonyl (C=O) groups is 1. The van der Waals surface area contributed by atoms with Crippen molar-refractivity contribution in [2.45, 2.75) is 11.3 Å². The van der Waals surface area contributed by atoms with E-state index >= 15 is 0 Å². The van der Waals surface area contributed by atoms with Crippen molar-refractivity contribution in [2.75, 3.05) is 16.8 Å². The second kappa shape index (κ2) is 6.96. The zero-order valence-corrected chi connectivity index (χ0v) is 11.6. The third-order valence-corrected chi connectivity index (χ3v) is 3.62. The number of nitrogens with two attached hydrogens (primary N) is 1. The van der Waals surface area contributed by atoms with Gasteiger partial charge in [0.1, 0.15) is 5.82 Å². The fourth-order valence-corrected chi connectivity index (χ4v) is 2.43. The Bertz CT molecular complexity index is 569. The summed E-state index contributed by atoms with van der Waals surface area (Å²) < 4.78 is 12.7. The average Bonchev–Trinajstić information content (AvgIpc) is 2.44. The van der Waals surface area contributed by atoms with Gasteiger partial charge in [0, 0.05) is 28.4 Å². The lowest BCUT2D eigenvalue weighted by Crippen LogP contribution is -2.12. The van der Waals surface area contributed by atoms with Crippen molar-refractivity contribution in [3.63, 3.8) is 0 Å². The first-order chi connectivity index (χ1) is 9.63. The Balaban J connectivity index is 1.75. The minimum absolute atomic E-state index is 0.0515. The number of hydrogen-bond donors (Lipinski definition) is 2. The second-order valence-electron chi connectivity index (χ2n) is 4.22. The van der Waals surface area contributed by atoms with Gasteiger partial charge in [0.25, 0.3) is 0 Å². The third-order valence-electron chi connectivity index (χ3n) is 2.61. The molecule has 0 unspecified atom stereocenters. The van der Waals surface area contributed by atoms with Gasteiger partial charge in [-0.25, -0.2) is 4.39 Å². The predicted octanol–water partition coefficient (Wildman–Crippen LogP) is 3.53. The standard InChI is InChI=1S/C15H15FN2OS/c16-11-1-7-14(8-2-11)20-10-9-15(19)18-13-5-3-12(17)4-6-13/h1-8H,9-10,17H2,(H,18,19). The molecule has 104 valence electrons. The maximum atomic E-state index is 12.7. The number of halogens is 1. The second-order valence-corrected chi connectivity index (χ2v) is 5.39. The van der Waals surface area contributed by atoms with Crippen LogP contribution in [0.3, 0.4) is 0 Å². The number of nitrogen functional groups attached to an aromatic ring is 1. The molecule has 0 spiro atoms. The number of rotatable bonds is 5. The highest BCUT2D eigenvalue weighted by Crippen LogP contribution is 2.19. The van der Waals surface area contributed by atoms with Gasteiger partial charge in [-0.2, -0.15) is 0 Å². The van der Waals surface area contributed by atoms with E-state index in [0.717, 1.165) is 10.6 Å². The maximum Gasteiger partial charge on any atom is 0.225 e. The molecule has 0 aromatic heterocycles. The van der Waals surface area contributed by atoms with Crippen LogP contribution in [0.15, 0.2) is 53.4 Å². The quantitative estimate of drug-likeness (QED) is 0.654. The lowest BCUT2D eigenvalue weighted by Gasteiger charge is -2.05. The van der Waals surface area contributed by atoms with Crippen LogP contribution in [0.5, 0.6) is 0 Å². The first kappa shape index (κ1) is 14.4. The number of thioether (sulfide) groups is 1. The molecule has 0 saturated heterocycles. The molecule has 3 N–H and O–H groups in total. The number of hydrogen-bond acceptors (Lipinski definition) is 3. The topological polar surface area (TPSA) is 55.1 Å². The number of amides is 1. The van der Waals surface area contributed by atoms with E-state index in [9.17, 15) is 9.18 Å². The maximum absolute atomic E-state index is 12.7. The van der Waals surface area contributed by atoms with Gasteiger partial charge >= 0.3 is 0 Å². The van der Waals surface area contributed by atoms with Crippen molar-refractivity contribution < 1.29 is 9.18 Å². The van der Waals surface area contributed by atoms with E-state index in [4.69, 9.17) is 5.73 Å². The van der Waals surface area contributed by atoms with E-state index in [0.29, 0.717) is 17.9 Å². The average molecular weight is 290 g/mol. The summed E-state index contributed by atoms with van der Waals surface area (Å²) in [5.41, 5.74) is 6.96. The lowest BCUT2D eigenvalue weighted by atomic mass is 10.3. The van der Waals surface area contributed by atoms with Gasteiger partial charge in [0.2, 0.25) is 5.91 Å². The highest BCUT2D eigenvalue weighted by Gasteiger charge is 2.03. The zero-order chi connectivity index (χ0) is 14.4. The molecule has 0 atom stereocenters. The Morgan fingerprint density at radius 2 is 1.75 bits per heavy atom. The zero-order valence-electron chi connectivity index (χ0n) is 10.8. The van der Waals surface area contributed by atoms with Gasteiger partial charge < -0.3 is 11.1 Å². The van der Waals surface area contributed by atoms with E-state index < -0.39 is 0 Å². The number of nitrogens with one attached hydrogen (secondary N) is 1. The smallest absolute Gasteiger partial charge is 0.225 e. The van der Waals surface area contributed by atoms with Crippen LogP contribution in [-0.2, 0) is 4.79 Å². The molecule has 0 heterocycles. The Hall–Kier alpha value is -2.01. The minimum atomic E-state index is -0.254. The van der Waals surface area contributed by atoms with Crippen molar-refractivity contribution in [2.24, 2.45) is 0 Å². The molecular weight excluding hydrogens is 275 g/mol. The summed E-state index contributed by atoms with van der Waals surface area (Å²) in [7, 11) is 0. The van der Waals surface area contributed by atoms with Crippen LogP contribution in [0.4, 0.5) is 15.8 Å². The molecule has 3 nitrogen and oxygen atoms in total. The fraction of sp³-hybridized carbons (Fsp3) is 0.133. The molecule has 2 rings (SSSR count). The third kappa shape index (κ3) is 4.59. The molecule has 0 bridgehead atoms. The van der Waals surface area contributed by atoms with E-state index in [2.05, 4.69) is 5.32 Å². The highest BCUT2D eigenvalue weighted by molar-refractivity contribution is 7.99. The van der Waals surface area contributed by atoms with Crippen LogP contribution in [0.2, 0.25) is 0 Å². The Morgan fingerprint density at radius 1 is 1.10 bits per heavy atom. The monoisotopic (exact) mass is 290 g/mol. The van der Waals surface area contributed by atoms with Gasteiger partial charge in [-0.15, -0.1) is 11.8 Å². The summed E-state index contributed by atoms with van der Waals surface area (Å²) in [5.74, 6) is 0.340. The summed E-state index contributed by atoms with van der Waals surface area (Å²) in [6, 6.07) is 13.2. The molecule has 5 heteroatoms. The molecule has 1 amide bonds. The van der Waals surface area contributed by atoms with Crippen LogP contribution in [0, 0.1) is 5.82 Å². The summed E-state index contributed by atoms with van der Waals surface area (Å²) in [6.07, 6.45) is 0.395. The van der Waals surface area contributed by atoms with Crippen LogP contribution < -0.4 is 11.1 Å². The largest absolute Gasteiger partial charge is 0.399 e. The molecule has 20 heavy (non-hydrogen) atoms. The Labute approximate surface area is 121 Å². The molecule has 0 aliphatic carbocycles. The van der Waals surface area contributed by atoms with Crippen LogP contribution in [0.25, 0.3) is 0 Å². The predicted molar refractivity (Wildman–Crippen MR) is 81.2 cm³/mol. The van der Waals surface area contributed by atoms with Crippen molar-refractivity contribution in [1.29, 1.82) is 0 Å². The van der Waals surface area contributed by atoms with Crippen LogP contribution in [-0.4, -0.2) is 11.7 Å². The number of benzene rings is 2. The van der Waals surface area contributed by atoms with E-state index in [1.807, 2.05) is 0 Å². The molecule has 0 fully saturated rings. The molecule has 2 aromatic carbocycles. The molecule has 0 aliphatic rings. The van der Waals surface area contributed by atoms with E-state index in [1.165, 1.54) is 23.9 Å². The molecule has 2 aromatic rings. The summed E-state index contributed by atoms with van der Waals surface area (Å²) in [6.45, 7) is 0. The first-order valence-electron chi connectivity index (χ1n) is 6.17. The van der Waals surface area contributed by atoms with Gasteiger partial charge in [-0.3, -0.25) is 4.79 Å². The first-order valence-corrected chi connectivity index (χ1v) is 7.16. The van der Waals surface area contributed by atoms with Crippen molar-refractivity contribution >= 4 is 29.0 Å². The fourth-order valence-electron chi connectivity index (χ4n) is 1.58. The van der Waals surface area contributed by atoms with Gasteiger partial charge in [-0.05, 0) is 48.5 Å². The van der Waals surface area contributed by atoms with Crippen molar-refractivity contribution in [1.82, 2.24) is 0 Å². The van der Waals surface area contributed by atoms with E-state index in [-0.39, 0.29) is 11.7 Å². The van der Waals surface area contributed by atoms with Crippen molar-refractivity contribution in [3.8, 4) is 0 Å². The highest BCUT2D eigenvalue weighted by atomic mass is 32.2. The van der Waals surface area contributed by atoms with E-state index in [1.54, 1.807) is 36.4 Å². The van der Waals surface area contributed by atoms with Crippen LogP contribution >= 0.6 is 11.8 Å². The van der Waals surface area contributed by atoms with Gasteiger partial charge in [0.05, 0.1) is 0 Å². The van der Waals surface area contributed by atoms with Crippen molar-refractivity contribution in [3.05, 3.63) is 54.3 Å². The Kier molecular flexibility index (Phi) is 5.01. The van der Waals surface area contributed by atoms with Gasteiger partial charge in [0.15, 0.2) is 0 Å². The molecular formula is C15H15FN2OS. The number of carbonyl (C=O) groups excluding carboxylic acids is 1. The van der Waals surface area contributed by atoms with Gasteiger partial charge in [-0.1, -0.05) is 0 Å². The van der Waals surface area contributed by atoms with Crippen LogP contribution in [0.1, 0.15) is 6.42 Å². The number of anilines is 2. The molecule has 0 radical (unpaired) electrons. The minimum Gasteiger partial charge on any atom is -0.399 e. The normalized spacial score (nSPS) is 10.2. The molecule has 0 aliphatic heterocycles. The molecule has 0 saturated carbocycles. The summed E-state index contributed by atoms with van der Waals surface area (Å²) in [4.78, 5) is 12.7. The Morgan fingerprint density at radius 3 is 2.40 bits per heavy atom.